The van der Waals surface area contributed by atoms with Gasteiger partial charge in [0.1, 0.15) is 0 Å². The number of rotatable bonds is 5. The van der Waals surface area contributed by atoms with E-state index in [1.54, 1.807) is 25.1 Å². The van der Waals surface area contributed by atoms with E-state index in [0.29, 0.717) is 21.2 Å². The SMILES string of the molecule is Cc1cc(C(/C=C/c2ccc(C(=O)NC3CCNCC3)c(Br)c2)C(F)(F)F)cc(Cl)c1Cl. The van der Waals surface area contributed by atoms with Crippen molar-refractivity contribution in [1.29, 1.82) is 0 Å². The van der Waals surface area contributed by atoms with Gasteiger partial charge in [-0.25, -0.2) is 0 Å². The quantitative estimate of drug-likeness (QED) is 0.425. The number of halogens is 6. The van der Waals surface area contributed by atoms with E-state index in [1.165, 1.54) is 18.2 Å². The van der Waals surface area contributed by atoms with Crippen LogP contribution in [0.3, 0.4) is 0 Å². The van der Waals surface area contributed by atoms with Gasteiger partial charge in [0.15, 0.2) is 0 Å². The van der Waals surface area contributed by atoms with Crippen LogP contribution in [0.15, 0.2) is 40.9 Å². The Bertz CT molecular complexity index is 998. The first-order valence-electron chi connectivity index (χ1n) is 10.1. The van der Waals surface area contributed by atoms with Crippen molar-refractivity contribution in [3.63, 3.8) is 0 Å². The average Bonchev–Trinajstić information content (AvgIpc) is 2.71. The molecule has 0 saturated carbocycles. The Morgan fingerprint density at radius 1 is 1.22 bits per heavy atom. The monoisotopic (exact) mass is 548 g/mol. The van der Waals surface area contributed by atoms with E-state index in [9.17, 15) is 18.0 Å². The predicted molar refractivity (Wildman–Crippen MR) is 127 cm³/mol. The molecule has 1 amide bonds. The van der Waals surface area contributed by atoms with Gasteiger partial charge in [-0.3, -0.25) is 4.79 Å². The Hall–Kier alpha value is -1.54. The van der Waals surface area contributed by atoms with Crippen molar-refractivity contribution in [2.24, 2.45) is 0 Å². The molecule has 0 aromatic heterocycles. The van der Waals surface area contributed by atoms with Gasteiger partial charge in [0.05, 0.1) is 21.5 Å². The molecule has 9 heteroatoms. The summed E-state index contributed by atoms with van der Waals surface area (Å²) in [6.07, 6.45) is -0.328. The lowest BCUT2D eigenvalue weighted by Gasteiger charge is -2.23. The zero-order chi connectivity index (χ0) is 23.5. The standard InChI is InChI=1S/C23H22BrCl2F3N2O/c1-13-10-15(12-20(25)21(13)26)18(23(27,28)29)5-3-14-2-4-17(19(24)11-14)22(32)31-16-6-8-30-9-7-16/h2-5,10-12,16,18,30H,6-9H2,1H3,(H,31,32)/b5-3+. The summed E-state index contributed by atoms with van der Waals surface area (Å²) in [5, 5.41) is 6.56. The van der Waals surface area contributed by atoms with E-state index in [0.717, 1.165) is 32.0 Å². The fraction of sp³-hybridized carbons (Fsp3) is 0.348. The summed E-state index contributed by atoms with van der Waals surface area (Å²) in [5.74, 6) is -2.06. The first kappa shape index (κ1) is 25.1. The maximum Gasteiger partial charge on any atom is 0.399 e. The van der Waals surface area contributed by atoms with Crippen LogP contribution in [0.1, 0.15) is 45.8 Å². The van der Waals surface area contributed by atoms with Crippen molar-refractivity contribution >= 4 is 51.1 Å². The number of allylic oxidation sites excluding steroid dienone is 1. The van der Waals surface area contributed by atoms with Crippen LogP contribution >= 0.6 is 39.1 Å². The molecule has 2 aromatic rings. The fourth-order valence-corrected chi connectivity index (χ4v) is 4.56. The number of benzene rings is 2. The van der Waals surface area contributed by atoms with Gasteiger partial charge in [-0.15, -0.1) is 0 Å². The van der Waals surface area contributed by atoms with E-state index in [1.807, 2.05) is 0 Å². The largest absolute Gasteiger partial charge is 0.399 e. The first-order valence-corrected chi connectivity index (χ1v) is 11.6. The number of aryl methyl sites for hydroxylation is 1. The van der Waals surface area contributed by atoms with Crippen LogP contribution in [0.4, 0.5) is 13.2 Å². The summed E-state index contributed by atoms with van der Waals surface area (Å²) in [7, 11) is 0. The van der Waals surface area contributed by atoms with Gasteiger partial charge in [-0.2, -0.15) is 13.2 Å². The molecule has 3 nitrogen and oxygen atoms in total. The number of amides is 1. The highest BCUT2D eigenvalue weighted by molar-refractivity contribution is 9.10. The van der Waals surface area contributed by atoms with Crippen LogP contribution in [0.2, 0.25) is 10.0 Å². The van der Waals surface area contributed by atoms with Crippen molar-refractivity contribution in [1.82, 2.24) is 10.6 Å². The van der Waals surface area contributed by atoms with Crippen LogP contribution in [0.25, 0.3) is 6.08 Å². The van der Waals surface area contributed by atoms with Gasteiger partial charge in [0, 0.05) is 10.5 Å². The van der Waals surface area contributed by atoms with E-state index < -0.39 is 12.1 Å². The fourth-order valence-electron chi connectivity index (χ4n) is 3.60. The molecule has 1 unspecified atom stereocenters. The van der Waals surface area contributed by atoms with E-state index in [2.05, 4.69) is 26.6 Å². The molecular formula is C23H22BrCl2F3N2O. The van der Waals surface area contributed by atoms with Crippen LogP contribution in [-0.4, -0.2) is 31.2 Å². The number of piperidine rings is 1. The smallest absolute Gasteiger partial charge is 0.349 e. The molecule has 0 radical (unpaired) electrons. The van der Waals surface area contributed by atoms with Crippen LogP contribution < -0.4 is 10.6 Å². The van der Waals surface area contributed by atoms with Gasteiger partial charge in [0.2, 0.25) is 0 Å². The summed E-state index contributed by atoms with van der Waals surface area (Å²) < 4.78 is 41.8. The summed E-state index contributed by atoms with van der Waals surface area (Å²) >= 11 is 15.4. The minimum absolute atomic E-state index is 0.0117. The van der Waals surface area contributed by atoms with Crippen molar-refractivity contribution in [3.8, 4) is 0 Å². The van der Waals surface area contributed by atoms with Crippen molar-refractivity contribution in [2.75, 3.05) is 13.1 Å². The Morgan fingerprint density at radius 3 is 2.50 bits per heavy atom. The third-order valence-electron chi connectivity index (χ3n) is 5.34. The van der Waals surface area contributed by atoms with Gasteiger partial charge in [-0.05, 0) is 83.7 Å². The lowest BCUT2D eigenvalue weighted by atomic mass is 9.95. The third-order valence-corrected chi connectivity index (χ3v) is 6.89. The maximum atomic E-state index is 13.8. The van der Waals surface area contributed by atoms with E-state index in [-0.39, 0.29) is 27.6 Å². The van der Waals surface area contributed by atoms with Crippen LogP contribution in [0, 0.1) is 6.92 Å². The summed E-state index contributed by atoms with van der Waals surface area (Å²) in [4.78, 5) is 12.6. The number of alkyl halides is 3. The highest BCUT2D eigenvalue weighted by Gasteiger charge is 2.39. The van der Waals surface area contributed by atoms with Gasteiger partial charge in [0.25, 0.3) is 5.91 Å². The topological polar surface area (TPSA) is 41.1 Å². The minimum atomic E-state index is -4.51. The second-order valence-electron chi connectivity index (χ2n) is 7.75. The molecule has 0 bridgehead atoms. The van der Waals surface area contributed by atoms with Gasteiger partial charge in [-0.1, -0.05) is 47.5 Å². The molecule has 2 N–H and O–H groups in total. The van der Waals surface area contributed by atoms with Crippen molar-refractivity contribution in [3.05, 3.63) is 73.2 Å². The van der Waals surface area contributed by atoms with Gasteiger partial charge >= 0.3 is 6.18 Å². The Labute approximate surface area is 203 Å². The summed E-state index contributed by atoms with van der Waals surface area (Å²) in [5.41, 5.74) is 1.45. The number of hydrogen-bond donors (Lipinski definition) is 2. The molecule has 0 aliphatic carbocycles. The molecule has 1 fully saturated rings. The van der Waals surface area contributed by atoms with Gasteiger partial charge < -0.3 is 10.6 Å². The molecule has 3 rings (SSSR count). The Balaban J connectivity index is 1.80. The normalized spacial score (nSPS) is 16.3. The molecule has 2 aromatic carbocycles. The molecule has 1 atom stereocenters. The van der Waals surface area contributed by atoms with E-state index >= 15 is 0 Å². The molecular weight excluding hydrogens is 528 g/mol. The lowest BCUT2D eigenvalue weighted by molar-refractivity contribution is -0.139. The predicted octanol–water partition coefficient (Wildman–Crippen LogP) is 6.91. The highest BCUT2D eigenvalue weighted by Crippen LogP contribution is 2.39. The number of carbonyl (C=O) groups excluding carboxylic acids is 1. The highest BCUT2D eigenvalue weighted by atomic mass is 79.9. The molecule has 172 valence electrons. The van der Waals surface area contributed by atoms with Crippen molar-refractivity contribution < 1.29 is 18.0 Å². The zero-order valence-corrected chi connectivity index (χ0v) is 20.3. The number of nitrogens with one attached hydrogen (secondary N) is 2. The molecule has 1 aliphatic heterocycles. The summed E-state index contributed by atoms with van der Waals surface area (Å²) in [6.45, 7) is 3.32. The lowest BCUT2D eigenvalue weighted by Crippen LogP contribution is -2.42. The number of hydrogen-bond acceptors (Lipinski definition) is 2. The van der Waals surface area contributed by atoms with Crippen LogP contribution in [-0.2, 0) is 0 Å². The van der Waals surface area contributed by atoms with E-state index in [4.69, 9.17) is 23.2 Å². The number of carbonyl (C=O) groups is 1. The second-order valence-corrected chi connectivity index (χ2v) is 9.39. The first-order chi connectivity index (χ1) is 15.1. The Morgan fingerprint density at radius 2 is 1.91 bits per heavy atom. The average molecular weight is 550 g/mol. The molecule has 1 heterocycles. The zero-order valence-electron chi connectivity index (χ0n) is 17.2. The second kappa shape index (κ2) is 10.6. The molecule has 0 spiro atoms. The van der Waals surface area contributed by atoms with Crippen molar-refractivity contribution in [2.45, 2.75) is 37.9 Å². The summed E-state index contributed by atoms with van der Waals surface area (Å²) in [6, 6.07) is 7.58. The maximum absolute atomic E-state index is 13.8. The molecule has 1 saturated heterocycles. The minimum Gasteiger partial charge on any atom is -0.349 e. The third kappa shape index (κ3) is 6.28. The molecule has 32 heavy (non-hydrogen) atoms. The molecule has 1 aliphatic rings. The Kier molecular flexibility index (Phi) is 8.31. The van der Waals surface area contributed by atoms with Crippen LogP contribution in [0.5, 0.6) is 0 Å².